The SMILES string of the molecule is Cc1[nH]ncc1CN1CCOC(c2cccc(F)c2)C1. The molecule has 106 valence electrons. The lowest BCUT2D eigenvalue weighted by atomic mass is 10.1. The first kappa shape index (κ1) is 13.3. The van der Waals surface area contributed by atoms with Gasteiger partial charge in [-0.25, -0.2) is 4.39 Å². The summed E-state index contributed by atoms with van der Waals surface area (Å²) >= 11 is 0. The molecule has 1 aliphatic heterocycles. The number of halogens is 1. The van der Waals surface area contributed by atoms with Crippen molar-refractivity contribution in [2.45, 2.75) is 19.6 Å². The van der Waals surface area contributed by atoms with Crippen molar-refractivity contribution in [1.29, 1.82) is 0 Å². The maximum absolute atomic E-state index is 13.3. The molecule has 20 heavy (non-hydrogen) atoms. The molecule has 2 heterocycles. The van der Waals surface area contributed by atoms with E-state index in [1.54, 1.807) is 12.1 Å². The zero-order chi connectivity index (χ0) is 13.9. The van der Waals surface area contributed by atoms with Crippen LogP contribution in [0.1, 0.15) is 22.9 Å². The lowest BCUT2D eigenvalue weighted by Crippen LogP contribution is -2.37. The Hall–Kier alpha value is -1.72. The molecule has 0 aliphatic carbocycles. The van der Waals surface area contributed by atoms with E-state index in [0.717, 1.165) is 30.9 Å². The smallest absolute Gasteiger partial charge is 0.123 e. The van der Waals surface area contributed by atoms with Gasteiger partial charge in [0, 0.05) is 30.9 Å². The summed E-state index contributed by atoms with van der Waals surface area (Å²) in [6.07, 6.45) is 1.80. The third-order valence-electron chi connectivity index (χ3n) is 3.70. The third kappa shape index (κ3) is 2.89. The second-order valence-electron chi connectivity index (χ2n) is 5.17. The van der Waals surface area contributed by atoms with Gasteiger partial charge >= 0.3 is 0 Å². The van der Waals surface area contributed by atoms with E-state index in [1.165, 1.54) is 11.6 Å². The van der Waals surface area contributed by atoms with Crippen molar-refractivity contribution in [3.8, 4) is 0 Å². The van der Waals surface area contributed by atoms with Gasteiger partial charge in [0.25, 0.3) is 0 Å². The van der Waals surface area contributed by atoms with Crippen LogP contribution in [0.3, 0.4) is 0 Å². The van der Waals surface area contributed by atoms with Crippen LogP contribution in [0.5, 0.6) is 0 Å². The molecule has 1 unspecified atom stereocenters. The molecule has 0 amide bonds. The van der Waals surface area contributed by atoms with Crippen molar-refractivity contribution in [3.63, 3.8) is 0 Å². The lowest BCUT2D eigenvalue weighted by molar-refractivity contribution is -0.0331. The maximum Gasteiger partial charge on any atom is 0.123 e. The van der Waals surface area contributed by atoms with Crippen LogP contribution in [0, 0.1) is 12.7 Å². The summed E-state index contributed by atoms with van der Waals surface area (Å²) in [4.78, 5) is 2.32. The summed E-state index contributed by atoms with van der Waals surface area (Å²) in [5.74, 6) is -0.214. The summed E-state index contributed by atoms with van der Waals surface area (Å²) in [6, 6.07) is 6.66. The highest BCUT2D eigenvalue weighted by Gasteiger charge is 2.22. The summed E-state index contributed by atoms with van der Waals surface area (Å²) in [5, 5.41) is 6.99. The summed E-state index contributed by atoms with van der Waals surface area (Å²) in [5.41, 5.74) is 3.20. The molecule has 0 bridgehead atoms. The van der Waals surface area contributed by atoms with Gasteiger partial charge in [0.05, 0.1) is 18.9 Å². The average molecular weight is 275 g/mol. The lowest BCUT2D eigenvalue weighted by Gasteiger charge is -2.33. The van der Waals surface area contributed by atoms with Crippen molar-refractivity contribution in [1.82, 2.24) is 15.1 Å². The molecule has 1 aromatic carbocycles. The number of benzene rings is 1. The minimum Gasteiger partial charge on any atom is -0.371 e. The monoisotopic (exact) mass is 275 g/mol. The molecule has 1 saturated heterocycles. The maximum atomic E-state index is 13.3. The first-order chi connectivity index (χ1) is 9.72. The fraction of sp³-hybridized carbons (Fsp3) is 0.400. The number of ether oxygens (including phenoxy) is 1. The Morgan fingerprint density at radius 3 is 3.15 bits per heavy atom. The number of nitrogens with one attached hydrogen (secondary N) is 1. The highest BCUT2D eigenvalue weighted by molar-refractivity contribution is 5.20. The molecular weight excluding hydrogens is 257 g/mol. The second-order valence-corrected chi connectivity index (χ2v) is 5.17. The number of rotatable bonds is 3. The molecule has 0 saturated carbocycles. The largest absolute Gasteiger partial charge is 0.371 e. The molecular formula is C15H18FN3O. The van der Waals surface area contributed by atoms with E-state index in [0.29, 0.717) is 6.61 Å². The first-order valence-electron chi connectivity index (χ1n) is 6.80. The molecule has 1 aliphatic rings. The molecule has 3 rings (SSSR count). The van der Waals surface area contributed by atoms with Crippen LogP contribution in [0.15, 0.2) is 30.5 Å². The predicted octanol–water partition coefficient (Wildman–Crippen LogP) is 2.43. The number of nitrogens with zero attached hydrogens (tertiary/aromatic N) is 2. The standard InChI is InChI=1S/C15H18FN3O/c1-11-13(8-17-18-11)9-19-5-6-20-15(10-19)12-3-2-4-14(16)7-12/h2-4,7-8,15H,5-6,9-10H2,1H3,(H,17,18). The fourth-order valence-electron chi connectivity index (χ4n) is 2.53. The van der Waals surface area contributed by atoms with Crippen LogP contribution in [-0.2, 0) is 11.3 Å². The fourth-order valence-corrected chi connectivity index (χ4v) is 2.53. The molecule has 1 atom stereocenters. The number of aromatic amines is 1. The summed E-state index contributed by atoms with van der Waals surface area (Å²) in [6.45, 7) is 5.19. The van der Waals surface area contributed by atoms with Crippen molar-refractivity contribution in [2.24, 2.45) is 0 Å². The van der Waals surface area contributed by atoms with Crippen LogP contribution in [0.4, 0.5) is 4.39 Å². The topological polar surface area (TPSA) is 41.2 Å². The van der Waals surface area contributed by atoms with Crippen LogP contribution in [0.25, 0.3) is 0 Å². The van der Waals surface area contributed by atoms with E-state index in [9.17, 15) is 4.39 Å². The Bertz CT molecular complexity index is 584. The molecule has 1 N–H and O–H groups in total. The quantitative estimate of drug-likeness (QED) is 0.935. The van der Waals surface area contributed by atoms with Gasteiger partial charge in [-0.3, -0.25) is 10.00 Å². The Morgan fingerprint density at radius 2 is 2.40 bits per heavy atom. The van der Waals surface area contributed by atoms with Gasteiger partial charge in [-0.1, -0.05) is 12.1 Å². The normalized spacial score (nSPS) is 20.2. The molecule has 2 aromatic rings. The number of aromatic nitrogens is 2. The summed E-state index contributed by atoms with van der Waals surface area (Å²) < 4.78 is 19.1. The van der Waals surface area contributed by atoms with Crippen LogP contribution >= 0.6 is 0 Å². The minimum atomic E-state index is -0.214. The molecule has 4 nitrogen and oxygen atoms in total. The van der Waals surface area contributed by atoms with Gasteiger partial charge in [-0.2, -0.15) is 5.10 Å². The van der Waals surface area contributed by atoms with Gasteiger partial charge < -0.3 is 4.74 Å². The van der Waals surface area contributed by atoms with Crippen LogP contribution < -0.4 is 0 Å². The van der Waals surface area contributed by atoms with E-state index in [-0.39, 0.29) is 11.9 Å². The Balaban J connectivity index is 1.69. The minimum absolute atomic E-state index is 0.0633. The molecule has 0 spiro atoms. The predicted molar refractivity (Wildman–Crippen MR) is 73.7 cm³/mol. The molecule has 1 aromatic heterocycles. The van der Waals surface area contributed by atoms with Gasteiger partial charge in [-0.15, -0.1) is 0 Å². The van der Waals surface area contributed by atoms with Gasteiger partial charge in [0.1, 0.15) is 5.82 Å². The van der Waals surface area contributed by atoms with E-state index < -0.39 is 0 Å². The van der Waals surface area contributed by atoms with Gasteiger partial charge in [0.2, 0.25) is 0 Å². The highest BCUT2D eigenvalue weighted by atomic mass is 19.1. The molecule has 5 heteroatoms. The number of H-pyrrole nitrogens is 1. The molecule has 0 radical (unpaired) electrons. The third-order valence-corrected chi connectivity index (χ3v) is 3.70. The van der Waals surface area contributed by atoms with Crippen LogP contribution in [0.2, 0.25) is 0 Å². The van der Waals surface area contributed by atoms with Crippen molar-refractivity contribution in [3.05, 3.63) is 53.1 Å². The Morgan fingerprint density at radius 1 is 1.50 bits per heavy atom. The number of hydrogen-bond acceptors (Lipinski definition) is 3. The van der Waals surface area contributed by atoms with E-state index in [4.69, 9.17) is 4.74 Å². The van der Waals surface area contributed by atoms with Gasteiger partial charge in [0.15, 0.2) is 0 Å². The van der Waals surface area contributed by atoms with E-state index >= 15 is 0 Å². The highest BCUT2D eigenvalue weighted by Crippen LogP contribution is 2.24. The Labute approximate surface area is 117 Å². The van der Waals surface area contributed by atoms with Gasteiger partial charge in [-0.05, 0) is 24.6 Å². The van der Waals surface area contributed by atoms with Crippen molar-refractivity contribution in [2.75, 3.05) is 19.7 Å². The number of aryl methyl sites for hydroxylation is 1. The van der Waals surface area contributed by atoms with Crippen molar-refractivity contribution >= 4 is 0 Å². The van der Waals surface area contributed by atoms with E-state index in [2.05, 4.69) is 15.1 Å². The van der Waals surface area contributed by atoms with Crippen molar-refractivity contribution < 1.29 is 9.13 Å². The Kier molecular flexibility index (Phi) is 3.80. The summed E-state index contributed by atoms with van der Waals surface area (Å²) in [7, 11) is 0. The second kappa shape index (κ2) is 5.73. The zero-order valence-electron chi connectivity index (χ0n) is 11.5. The number of morpholine rings is 1. The number of hydrogen-bond donors (Lipinski definition) is 1. The molecule has 1 fully saturated rings. The zero-order valence-corrected chi connectivity index (χ0v) is 11.5. The van der Waals surface area contributed by atoms with E-state index in [1.807, 2.05) is 19.2 Å². The van der Waals surface area contributed by atoms with Crippen LogP contribution in [-0.4, -0.2) is 34.8 Å². The average Bonchev–Trinajstić information content (AvgIpc) is 2.85. The first-order valence-corrected chi connectivity index (χ1v) is 6.80.